The Kier molecular flexibility index (Phi) is 5.22. The van der Waals surface area contributed by atoms with Crippen molar-refractivity contribution in [1.29, 1.82) is 5.26 Å². The van der Waals surface area contributed by atoms with E-state index in [1.54, 1.807) is 0 Å². The Labute approximate surface area is 155 Å². The highest BCUT2D eigenvalue weighted by Crippen LogP contribution is 2.41. The number of hydrogen-bond acceptors (Lipinski definition) is 5. The topological polar surface area (TPSA) is 52.9 Å². The zero-order valence-corrected chi connectivity index (χ0v) is 15.5. The van der Waals surface area contributed by atoms with Gasteiger partial charge in [0.25, 0.3) is 0 Å². The van der Waals surface area contributed by atoms with Gasteiger partial charge in [0.1, 0.15) is 16.5 Å². The molecule has 0 aliphatic carbocycles. The summed E-state index contributed by atoms with van der Waals surface area (Å²) in [6, 6.07) is 19.3. The van der Waals surface area contributed by atoms with E-state index in [9.17, 15) is 10.1 Å². The van der Waals surface area contributed by atoms with E-state index in [-0.39, 0.29) is 5.78 Å². The highest BCUT2D eigenvalue weighted by atomic mass is 32.2. The molecule has 3 nitrogen and oxygen atoms in total. The molecule has 0 saturated heterocycles. The molecule has 0 aliphatic rings. The Morgan fingerprint density at radius 3 is 2.40 bits per heavy atom. The molecular formula is C20H16N2OS2. The van der Waals surface area contributed by atoms with E-state index in [0.29, 0.717) is 21.7 Å². The van der Waals surface area contributed by atoms with Crippen LogP contribution < -0.4 is 5.32 Å². The van der Waals surface area contributed by atoms with Gasteiger partial charge in [-0.3, -0.25) is 4.79 Å². The maximum Gasteiger partial charge on any atom is 0.205 e. The molecule has 5 heteroatoms. The van der Waals surface area contributed by atoms with Crippen molar-refractivity contribution in [2.75, 3.05) is 11.6 Å². The molecule has 0 saturated carbocycles. The van der Waals surface area contributed by atoms with Crippen LogP contribution >= 0.6 is 23.1 Å². The molecule has 0 aliphatic heterocycles. The first kappa shape index (κ1) is 17.3. The highest BCUT2D eigenvalue weighted by molar-refractivity contribution is 8.00. The van der Waals surface area contributed by atoms with E-state index in [1.807, 2.05) is 67.8 Å². The number of nitriles is 1. The van der Waals surface area contributed by atoms with E-state index in [1.165, 1.54) is 23.1 Å². The normalized spacial score (nSPS) is 10.3. The fourth-order valence-corrected chi connectivity index (χ4v) is 4.27. The first-order valence-corrected chi connectivity index (χ1v) is 9.72. The predicted octanol–water partition coefficient (Wildman–Crippen LogP) is 5.62. The Balaban J connectivity index is 2.09. The van der Waals surface area contributed by atoms with Crippen molar-refractivity contribution in [3.05, 3.63) is 76.2 Å². The smallest absolute Gasteiger partial charge is 0.205 e. The van der Waals surface area contributed by atoms with Crippen LogP contribution in [0.1, 0.15) is 26.4 Å². The second-order valence-electron chi connectivity index (χ2n) is 5.47. The Bertz CT molecular complexity index is 938. The van der Waals surface area contributed by atoms with Crippen LogP contribution in [0, 0.1) is 18.3 Å². The van der Waals surface area contributed by atoms with Crippen molar-refractivity contribution in [2.24, 2.45) is 0 Å². The summed E-state index contributed by atoms with van der Waals surface area (Å²) < 4.78 is 0.844. The van der Waals surface area contributed by atoms with Crippen molar-refractivity contribution in [3.63, 3.8) is 0 Å². The predicted molar refractivity (Wildman–Crippen MR) is 105 cm³/mol. The number of aryl methyl sites for hydroxylation is 1. The lowest BCUT2D eigenvalue weighted by atomic mass is 10.1. The number of ketones is 1. The van der Waals surface area contributed by atoms with Crippen LogP contribution in [-0.4, -0.2) is 12.0 Å². The summed E-state index contributed by atoms with van der Waals surface area (Å²) in [5, 5.41) is 12.9. The molecule has 0 amide bonds. The van der Waals surface area contributed by atoms with E-state index >= 15 is 0 Å². The van der Waals surface area contributed by atoms with Gasteiger partial charge in [0.2, 0.25) is 5.78 Å². The van der Waals surface area contributed by atoms with Gasteiger partial charge in [-0.2, -0.15) is 5.26 Å². The van der Waals surface area contributed by atoms with Gasteiger partial charge in [-0.1, -0.05) is 48.0 Å². The number of nitrogens with zero attached hydrogens (tertiary/aromatic N) is 1. The molecule has 0 spiro atoms. The van der Waals surface area contributed by atoms with Gasteiger partial charge in [-0.05, 0) is 25.3 Å². The quantitative estimate of drug-likeness (QED) is 0.471. The second-order valence-corrected chi connectivity index (χ2v) is 7.57. The molecule has 0 bridgehead atoms. The fraction of sp³-hybridized carbons (Fsp3) is 0.100. The molecule has 2 aromatic carbocycles. The lowest BCUT2D eigenvalue weighted by molar-refractivity contribution is 0.104. The van der Waals surface area contributed by atoms with Crippen LogP contribution in [-0.2, 0) is 0 Å². The van der Waals surface area contributed by atoms with Crippen LogP contribution in [0.3, 0.4) is 0 Å². The second kappa shape index (κ2) is 7.56. The number of thioether (sulfide) groups is 1. The molecule has 0 atom stereocenters. The number of thiophene rings is 1. The number of benzene rings is 2. The minimum atomic E-state index is -0.0692. The molecule has 1 aromatic heterocycles. The van der Waals surface area contributed by atoms with Crippen molar-refractivity contribution in [1.82, 2.24) is 0 Å². The van der Waals surface area contributed by atoms with E-state index in [0.717, 1.165) is 15.5 Å². The first-order valence-electron chi connectivity index (χ1n) is 7.68. The molecule has 124 valence electrons. The maximum atomic E-state index is 13.0. The Morgan fingerprint density at radius 1 is 1.12 bits per heavy atom. The van der Waals surface area contributed by atoms with Crippen molar-refractivity contribution in [3.8, 4) is 6.07 Å². The standard InChI is InChI=1S/C20H16N2OS2/c1-13-8-10-14(11-9-13)18(23)19-17(16(12-21)20(24-2)25-19)22-15-6-4-3-5-7-15/h3-11,22H,1-2H3. The van der Waals surface area contributed by atoms with Gasteiger partial charge in [0, 0.05) is 11.3 Å². The average Bonchev–Trinajstić information content (AvgIpc) is 3.00. The number of carbonyl (C=O) groups excluding carboxylic acids is 1. The summed E-state index contributed by atoms with van der Waals surface area (Å²) in [6.07, 6.45) is 1.92. The van der Waals surface area contributed by atoms with Crippen LogP contribution in [0.4, 0.5) is 11.4 Å². The lowest BCUT2D eigenvalue weighted by Crippen LogP contribution is -2.03. The van der Waals surface area contributed by atoms with Crippen LogP contribution in [0.2, 0.25) is 0 Å². The Morgan fingerprint density at radius 2 is 1.80 bits per heavy atom. The van der Waals surface area contributed by atoms with Gasteiger partial charge in [-0.25, -0.2) is 0 Å². The summed E-state index contributed by atoms with van der Waals surface area (Å²) in [5.74, 6) is -0.0692. The third-order valence-corrected chi connectivity index (χ3v) is 6.04. The number of nitrogens with one attached hydrogen (secondary N) is 1. The van der Waals surface area contributed by atoms with E-state index in [2.05, 4.69) is 11.4 Å². The Hall–Kier alpha value is -2.55. The molecule has 3 rings (SSSR count). The lowest BCUT2D eigenvalue weighted by Gasteiger charge is -2.08. The third kappa shape index (κ3) is 3.60. The van der Waals surface area contributed by atoms with Gasteiger partial charge >= 0.3 is 0 Å². The molecular weight excluding hydrogens is 348 g/mol. The highest BCUT2D eigenvalue weighted by Gasteiger charge is 2.24. The molecule has 0 fully saturated rings. The number of rotatable bonds is 5. The van der Waals surface area contributed by atoms with Crippen molar-refractivity contribution >= 4 is 40.3 Å². The minimum Gasteiger partial charge on any atom is -0.353 e. The molecule has 0 unspecified atom stereocenters. The van der Waals surface area contributed by atoms with E-state index in [4.69, 9.17) is 0 Å². The van der Waals surface area contributed by atoms with Crippen LogP contribution in [0.5, 0.6) is 0 Å². The summed E-state index contributed by atoms with van der Waals surface area (Å²) in [6.45, 7) is 1.99. The molecule has 1 heterocycles. The number of hydrogen-bond donors (Lipinski definition) is 1. The van der Waals surface area contributed by atoms with Gasteiger partial charge in [0.05, 0.1) is 9.90 Å². The van der Waals surface area contributed by atoms with Gasteiger partial charge in [-0.15, -0.1) is 23.1 Å². The minimum absolute atomic E-state index is 0.0692. The monoisotopic (exact) mass is 364 g/mol. The molecule has 0 radical (unpaired) electrons. The average molecular weight is 364 g/mol. The first-order chi connectivity index (χ1) is 12.1. The zero-order chi connectivity index (χ0) is 17.8. The zero-order valence-electron chi connectivity index (χ0n) is 13.9. The van der Waals surface area contributed by atoms with Crippen molar-refractivity contribution < 1.29 is 4.79 Å². The fourth-order valence-electron chi connectivity index (χ4n) is 2.44. The summed E-state index contributed by atoms with van der Waals surface area (Å²) >= 11 is 2.85. The molecule has 25 heavy (non-hydrogen) atoms. The molecule has 1 N–H and O–H groups in total. The van der Waals surface area contributed by atoms with Gasteiger partial charge in [0.15, 0.2) is 0 Å². The number of carbonyl (C=O) groups is 1. The number of para-hydroxylation sites is 1. The van der Waals surface area contributed by atoms with Crippen molar-refractivity contribution in [2.45, 2.75) is 11.1 Å². The summed E-state index contributed by atoms with van der Waals surface area (Å²) in [4.78, 5) is 13.6. The summed E-state index contributed by atoms with van der Waals surface area (Å²) in [7, 11) is 0. The maximum absolute atomic E-state index is 13.0. The van der Waals surface area contributed by atoms with Crippen LogP contribution in [0.25, 0.3) is 0 Å². The third-order valence-electron chi connectivity index (χ3n) is 3.74. The molecule has 3 aromatic rings. The van der Waals surface area contributed by atoms with Crippen LogP contribution in [0.15, 0.2) is 58.8 Å². The largest absolute Gasteiger partial charge is 0.353 e. The number of anilines is 2. The van der Waals surface area contributed by atoms with Gasteiger partial charge < -0.3 is 5.32 Å². The SMILES string of the molecule is CSc1sc(C(=O)c2ccc(C)cc2)c(Nc2ccccc2)c1C#N. The van der Waals surface area contributed by atoms with E-state index < -0.39 is 0 Å². The summed E-state index contributed by atoms with van der Waals surface area (Å²) in [5.41, 5.74) is 3.70.